The highest BCUT2D eigenvalue weighted by atomic mass is 32.1. The van der Waals surface area contributed by atoms with Crippen LogP contribution in [0.3, 0.4) is 0 Å². The summed E-state index contributed by atoms with van der Waals surface area (Å²) in [5.41, 5.74) is 2.20. The van der Waals surface area contributed by atoms with Crippen LogP contribution in [0.15, 0.2) is 64.1 Å². The molecular weight excluding hydrogens is 365 g/mol. The minimum Gasteiger partial charge on any atom is -0.494 e. The highest BCUT2D eigenvalue weighted by molar-refractivity contribution is 7.07. The third-order valence-electron chi connectivity index (χ3n) is 3.68. The molecule has 0 aliphatic carbocycles. The molecule has 7 heteroatoms. The van der Waals surface area contributed by atoms with E-state index in [2.05, 4.69) is 10.2 Å². The highest BCUT2D eigenvalue weighted by Crippen LogP contribution is 2.23. The van der Waals surface area contributed by atoms with Crippen molar-refractivity contribution in [1.82, 2.24) is 4.57 Å². The van der Waals surface area contributed by atoms with E-state index in [1.54, 1.807) is 12.1 Å². The maximum atomic E-state index is 13.2. The number of carbonyl (C=O) groups is 1. The molecule has 3 aromatic rings. The van der Waals surface area contributed by atoms with Gasteiger partial charge >= 0.3 is 0 Å². The lowest BCUT2D eigenvalue weighted by molar-refractivity contribution is 0.0935. The second-order valence-electron chi connectivity index (χ2n) is 5.61. The molecule has 27 heavy (non-hydrogen) atoms. The number of hydrogen-bond donors (Lipinski definition) is 0. The first-order valence-electron chi connectivity index (χ1n) is 8.36. The number of nitrogens with zero attached hydrogens (tertiary/aromatic N) is 3. The van der Waals surface area contributed by atoms with Gasteiger partial charge in [0.15, 0.2) is 0 Å². The first-order chi connectivity index (χ1) is 13.1. The molecular formula is C20H18FN3O2S. The number of rotatable bonds is 5. The highest BCUT2D eigenvalue weighted by Gasteiger charge is 2.11. The van der Waals surface area contributed by atoms with Crippen LogP contribution >= 0.6 is 11.3 Å². The summed E-state index contributed by atoms with van der Waals surface area (Å²) in [6.45, 7) is 3.99. The van der Waals surface area contributed by atoms with Crippen LogP contribution in [-0.4, -0.2) is 23.3 Å². The fraction of sp³-hybridized carbons (Fsp3) is 0.150. The van der Waals surface area contributed by atoms with Gasteiger partial charge < -0.3 is 4.74 Å². The average Bonchev–Trinajstić information content (AvgIpc) is 3.07. The van der Waals surface area contributed by atoms with Crippen molar-refractivity contribution in [3.05, 3.63) is 70.1 Å². The molecule has 0 atom stereocenters. The van der Waals surface area contributed by atoms with Crippen LogP contribution in [-0.2, 0) is 0 Å². The summed E-state index contributed by atoms with van der Waals surface area (Å²) in [4.78, 5) is 12.6. The Morgan fingerprint density at radius 1 is 1.26 bits per heavy atom. The maximum Gasteiger partial charge on any atom is 0.230 e. The Balaban J connectivity index is 1.94. The number of carbonyl (C=O) groups excluding carboxylic acids is 1. The van der Waals surface area contributed by atoms with Crippen LogP contribution < -0.4 is 9.54 Å². The first kappa shape index (κ1) is 18.7. The van der Waals surface area contributed by atoms with Crippen LogP contribution in [0.2, 0.25) is 0 Å². The van der Waals surface area contributed by atoms with E-state index in [1.807, 2.05) is 36.6 Å². The van der Waals surface area contributed by atoms with Gasteiger partial charge in [-0.15, -0.1) is 16.4 Å². The van der Waals surface area contributed by atoms with Gasteiger partial charge in [-0.05, 0) is 54.4 Å². The Morgan fingerprint density at radius 3 is 2.70 bits per heavy atom. The number of halogens is 1. The second kappa shape index (κ2) is 8.55. The van der Waals surface area contributed by atoms with E-state index in [-0.39, 0.29) is 11.7 Å². The molecule has 0 N–H and O–H groups in total. The normalized spacial score (nSPS) is 11.9. The van der Waals surface area contributed by atoms with Crippen molar-refractivity contribution < 1.29 is 13.9 Å². The molecule has 0 amide bonds. The molecule has 0 bridgehead atoms. The Kier molecular flexibility index (Phi) is 5.93. The van der Waals surface area contributed by atoms with Crippen molar-refractivity contribution in [2.24, 2.45) is 10.2 Å². The summed E-state index contributed by atoms with van der Waals surface area (Å²) in [7, 11) is 0. The van der Waals surface area contributed by atoms with Crippen LogP contribution in [0, 0.1) is 5.82 Å². The van der Waals surface area contributed by atoms with Crippen LogP contribution in [0.25, 0.3) is 11.3 Å². The maximum absolute atomic E-state index is 13.2. The fourth-order valence-electron chi connectivity index (χ4n) is 2.51. The van der Waals surface area contributed by atoms with E-state index in [1.165, 1.54) is 41.2 Å². The van der Waals surface area contributed by atoms with Gasteiger partial charge in [-0.2, -0.15) is 5.10 Å². The summed E-state index contributed by atoms with van der Waals surface area (Å²) < 4.78 is 20.2. The number of thiazole rings is 1. The van der Waals surface area contributed by atoms with Crippen molar-refractivity contribution >= 4 is 23.5 Å². The van der Waals surface area contributed by atoms with Crippen LogP contribution in [0.5, 0.6) is 5.75 Å². The third-order valence-corrected chi connectivity index (χ3v) is 4.50. The summed E-state index contributed by atoms with van der Waals surface area (Å²) in [5.74, 6) is 0.266. The number of aromatic nitrogens is 1. The lowest BCUT2D eigenvalue weighted by Gasteiger charge is -2.06. The largest absolute Gasteiger partial charge is 0.494 e. The van der Waals surface area contributed by atoms with Crippen molar-refractivity contribution in [3.63, 3.8) is 0 Å². The lowest BCUT2D eigenvalue weighted by atomic mass is 10.1. The van der Waals surface area contributed by atoms with Crippen molar-refractivity contribution in [2.45, 2.75) is 13.8 Å². The van der Waals surface area contributed by atoms with Gasteiger partial charge in [0, 0.05) is 12.3 Å². The second-order valence-corrected chi connectivity index (χ2v) is 6.45. The van der Waals surface area contributed by atoms with Gasteiger partial charge in [0.2, 0.25) is 10.7 Å². The molecule has 0 aliphatic rings. The quantitative estimate of drug-likeness (QED) is 0.486. The number of benzene rings is 2. The smallest absolute Gasteiger partial charge is 0.230 e. The van der Waals surface area contributed by atoms with Gasteiger partial charge in [-0.3, -0.25) is 9.36 Å². The molecule has 0 fully saturated rings. The van der Waals surface area contributed by atoms with Gasteiger partial charge in [-0.25, -0.2) is 4.39 Å². The Hall–Kier alpha value is -3.06. The molecule has 1 heterocycles. The standard InChI is InChI=1S/C20H18FN3O2S/c1-3-26-18-9-7-16(8-10-18)19-13-27-20(24(19)14(2)25)23-22-12-15-5-4-6-17(21)11-15/h4-13H,3H2,1-2H3. The monoisotopic (exact) mass is 383 g/mol. The molecule has 138 valence electrons. The van der Waals surface area contributed by atoms with E-state index in [0.29, 0.717) is 17.0 Å². The van der Waals surface area contributed by atoms with Gasteiger partial charge in [-0.1, -0.05) is 12.1 Å². The molecule has 2 aromatic carbocycles. The molecule has 5 nitrogen and oxygen atoms in total. The zero-order valence-electron chi connectivity index (χ0n) is 14.9. The molecule has 3 rings (SSSR count). The molecule has 0 unspecified atom stereocenters. The summed E-state index contributed by atoms with van der Waals surface area (Å²) in [6.07, 6.45) is 1.45. The Labute approximate surface area is 160 Å². The predicted molar refractivity (Wildman–Crippen MR) is 105 cm³/mol. The average molecular weight is 383 g/mol. The van der Waals surface area contributed by atoms with Gasteiger partial charge in [0.1, 0.15) is 11.6 Å². The zero-order valence-corrected chi connectivity index (χ0v) is 15.7. The Morgan fingerprint density at radius 2 is 2.04 bits per heavy atom. The van der Waals surface area contributed by atoms with Crippen LogP contribution in [0.4, 0.5) is 4.39 Å². The summed E-state index contributed by atoms with van der Waals surface area (Å²) in [5, 5.41) is 9.98. The molecule has 0 spiro atoms. The Bertz CT molecular complexity index is 1040. The molecule has 0 aliphatic heterocycles. The molecule has 0 saturated heterocycles. The fourth-order valence-corrected chi connectivity index (χ4v) is 3.39. The van der Waals surface area contributed by atoms with Crippen molar-refractivity contribution in [2.75, 3.05) is 6.61 Å². The van der Waals surface area contributed by atoms with E-state index in [4.69, 9.17) is 4.74 Å². The van der Waals surface area contributed by atoms with Crippen molar-refractivity contribution in [1.29, 1.82) is 0 Å². The SMILES string of the molecule is CCOc1ccc(-c2csc(=NN=Cc3cccc(F)c3)n2C(C)=O)cc1. The van der Waals surface area contributed by atoms with Gasteiger partial charge in [0.05, 0.1) is 18.5 Å². The first-order valence-corrected chi connectivity index (χ1v) is 9.24. The minimum absolute atomic E-state index is 0.167. The van der Waals surface area contributed by atoms with Crippen LogP contribution in [0.1, 0.15) is 24.2 Å². The lowest BCUT2D eigenvalue weighted by Crippen LogP contribution is -2.21. The van der Waals surface area contributed by atoms with E-state index >= 15 is 0 Å². The molecule has 0 saturated carbocycles. The predicted octanol–water partition coefficient (Wildman–Crippen LogP) is 4.35. The topological polar surface area (TPSA) is 56.0 Å². The van der Waals surface area contributed by atoms with E-state index in [9.17, 15) is 9.18 Å². The zero-order chi connectivity index (χ0) is 19.2. The van der Waals surface area contributed by atoms with E-state index < -0.39 is 0 Å². The third kappa shape index (κ3) is 4.57. The molecule has 0 radical (unpaired) electrons. The molecule has 1 aromatic heterocycles. The summed E-state index contributed by atoms with van der Waals surface area (Å²) >= 11 is 1.31. The van der Waals surface area contributed by atoms with Gasteiger partial charge in [0.25, 0.3) is 0 Å². The van der Waals surface area contributed by atoms with Crippen molar-refractivity contribution in [3.8, 4) is 17.0 Å². The number of hydrogen-bond acceptors (Lipinski definition) is 5. The summed E-state index contributed by atoms with van der Waals surface area (Å²) in [6, 6.07) is 13.6. The minimum atomic E-state index is -0.341. The van der Waals surface area contributed by atoms with E-state index in [0.717, 1.165) is 17.0 Å². The number of ether oxygens (including phenoxy) is 1.